The van der Waals surface area contributed by atoms with Crippen molar-refractivity contribution in [1.82, 2.24) is 14.8 Å². The van der Waals surface area contributed by atoms with E-state index >= 15 is 0 Å². The Labute approximate surface area is 143 Å². The first-order valence-corrected chi connectivity index (χ1v) is 8.15. The first-order valence-electron chi connectivity index (χ1n) is 7.77. The molecule has 1 aromatic carbocycles. The Morgan fingerprint density at radius 2 is 1.96 bits per heavy atom. The molecule has 1 heterocycles. The van der Waals surface area contributed by atoms with Crippen molar-refractivity contribution in [3.63, 3.8) is 0 Å². The van der Waals surface area contributed by atoms with Gasteiger partial charge in [0.2, 0.25) is 0 Å². The van der Waals surface area contributed by atoms with E-state index in [0.717, 1.165) is 6.42 Å². The molecule has 1 atom stereocenters. The number of hydrogen-bond donors (Lipinski definition) is 1. The summed E-state index contributed by atoms with van der Waals surface area (Å²) >= 11 is 5.94. The van der Waals surface area contributed by atoms with E-state index < -0.39 is 0 Å². The zero-order valence-corrected chi connectivity index (χ0v) is 14.9. The van der Waals surface area contributed by atoms with Crippen molar-refractivity contribution in [2.24, 2.45) is 7.05 Å². The molecule has 0 aliphatic carbocycles. The number of halogens is 1. The Morgan fingerprint density at radius 1 is 1.30 bits per heavy atom. The van der Waals surface area contributed by atoms with Crippen LogP contribution in [0.5, 0.6) is 0 Å². The molecule has 2 aromatic rings. The number of rotatable bonds is 6. The molecule has 2 rings (SSSR count). The molecule has 0 radical (unpaired) electrons. The van der Waals surface area contributed by atoms with E-state index in [1.807, 2.05) is 21.1 Å². The van der Waals surface area contributed by atoms with Crippen LogP contribution < -0.4 is 5.32 Å². The number of nitrogens with one attached hydrogen (secondary N) is 1. The summed E-state index contributed by atoms with van der Waals surface area (Å²) in [4.78, 5) is 14.4. The highest BCUT2D eigenvalue weighted by Gasteiger charge is 2.17. The van der Waals surface area contributed by atoms with Gasteiger partial charge in [-0.1, -0.05) is 42.8 Å². The molecule has 1 aromatic heterocycles. The summed E-state index contributed by atoms with van der Waals surface area (Å²) in [6.45, 7) is 2.68. The van der Waals surface area contributed by atoms with Crippen molar-refractivity contribution >= 4 is 17.5 Å². The average Bonchev–Trinajstić information content (AvgIpc) is 2.86. The van der Waals surface area contributed by atoms with Crippen molar-refractivity contribution in [2.45, 2.75) is 19.4 Å². The Kier molecular flexibility index (Phi) is 5.85. The summed E-state index contributed by atoms with van der Waals surface area (Å²) in [5, 5.41) is 3.57. The second kappa shape index (κ2) is 7.66. The van der Waals surface area contributed by atoms with Gasteiger partial charge in [0.05, 0.1) is 11.1 Å². The molecule has 0 spiro atoms. The lowest BCUT2D eigenvalue weighted by Crippen LogP contribution is -2.35. The standard InChI is InChI=1S/C18H24ClN3O/c1-5-13-6-8-14(9-7-13)17(21(2)3)11-20-18(23)16-10-15(19)12-22(16)4/h6-10,12,17H,5,11H2,1-4H3,(H,20,23)/t17-/m0/s1. The van der Waals surface area contributed by atoms with Gasteiger partial charge in [-0.25, -0.2) is 0 Å². The van der Waals surface area contributed by atoms with Gasteiger partial charge in [0.1, 0.15) is 5.69 Å². The van der Waals surface area contributed by atoms with Gasteiger partial charge >= 0.3 is 0 Å². The fourth-order valence-corrected chi connectivity index (χ4v) is 2.85. The SMILES string of the molecule is CCc1ccc([C@H](CNC(=O)c2cc(Cl)cn2C)N(C)C)cc1. The van der Waals surface area contributed by atoms with Crippen LogP contribution in [0, 0.1) is 0 Å². The lowest BCUT2D eigenvalue weighted by Gasteiger charge is -2.25. The Morgan fingerprint density at radius 3 is 2.43 bits per heavy atom. The highest BCUT2D eigenvalue weighted by molar-refractivity contribution is 6.31. The van der Waals surface area contributed by atoms with Crippen molar-refractivity contribution < 1.29 is 4.79 Å². The summed E-state index contributed by atoms with van der Waals surface area (Å²) in [7, 11) is 5.85. The lowest BCUT2D eigenvalue weighted by atomic mass is 10.0. The highest BCUT2D eigenvalue weighted by Crippen LogP contribution is 2.19. The van der Waals surface area contributed by atoms with E-state index in [9.17, 15) is 4.79 Å². The third kappa shape index (κ3) is 4.36. The molecule has 0 saturated carbocycles. The quantitative estimate of drug-likeness (QED) is 0.881. The predicted octanol–water partition coefficient (Wildman–Crippen LogP) is 3.27. The number of nitrogens with zero attached hydrogens (tertiary/aromatic N) is 2. The summed E-state index contributed by atoms with van der Waals surface area (Å²) < 4.78 is 1.73. The number of aromatic nitrogens is 1. The summed E-state index contributed by atoms with van der Waals surface area (Å²) in [6.07, 6.45) is 2.75. The van der Waals surface area contributed by atoms with Crippen LogP contribution in [0.25, 0.3) is 0 Å². The van der Waals surface area contributed by atoms with E-state index in [-0.39, 0.29) is 11.9 Å². The maximum Gasteiger partial charge on any atom is 0.268 e. The average molecular weight is 334 g/mol. The molecule has 1 N–H and O–H groups in total. The van der Waals surface area contributed by atoms with Gasteiger partial charge in [0, 0.05) is 19.8 Å². The Balaban J connectivity index is 2.07. The topological polar surface area (TPSA) is 37.3 Å². The first kappa shape index (κ1) is 17.6. The Hall–Kier alpha value is -1.78. The number of benzene rings is 1. The zero-order chi connectivity index (χ0) is 17.0. The van der Waals surface area contributed by atoms with Gasteiger partial charge in [0.15, 0.2) is 0 Å². The molecular weight excluding hydrogens is 310 g/mol. The van der Waals surface area contributed by atoms with Gasteiger partial charge in [-0.2, -0.15) is 0 Å². The van der Waals surface area contributed by atoms with Gasteiger partial charge in [-0.3, -0.25) is 4.79 Å². The minimum absolute atomic E-state index is 0.114. The molecular formula is C18H24ClN3O. The maximum absolute atomic E-state index is 12.3. The van der Waals surface area contributed by atoms with Crippen LogP contribution in [0.1, 0.15) is 34.6 Å². The molecule has 0 aliphatic rings. The monoisotopic (exact) mass is 333 g/mol. The number of likely N-dealkylation sites (N-methyl/N-ethyl adjacent to an activating group) is 1. The number of carbonyl (C=O) groups excluding carboxylic acids is 1. The number of hydrogen-bond acceptors (Lipinski definition) is 2. The molecule has 0 bridgehead atoms. The normalized spacial score (nSPS) is 12.4. The molecule has 0 aliphatic heterocycles. The second-order valence-electron chi connectivity index (χ2n) is 5.94. The molecule has 0 saturated heterocycles. The van der Waals surface area contributed by atoms with Crippen LogP contribution in [-0.4, -0.2) is 36.0 Å². The fraction of sp³-hybridized carbons (Fsp3) is 0.389. The summed E-state index contributed by atoms with van der Waals surface area (Å²) in [5.41, 5.74) is 3.07. The smallest absolute Gasteiger partial charge is 0.268 e. The molecule has 124 valence electrons. The first-order chi connectivity index (χ1) is 10.9. The third-order valence-electron chi connectivity index (χ3n) is 4.06. The van der Waals surface area contributed by atoms with Crippen LogP contribution >= 0.6 is 11.6 Å². The maximum atomic E-state index is 12.3. The highest BCUT2D eigenvalue weighted by atomic mass is 35.5. The van der Waals surface area contributed by atoms with E-state index in [1.165, 1.54) is 11.1 Å². The molecule has 5 heteroatoms. The molecule has 23 heavy (non-hydrogen) atoms. The minimum Gasteiger partial charge on any atom is -0.349 e. The minimum atomic E-state index is -0.114. The number of carbonyl (C=O) groups is 1. The van der Waals surface area contributed by atoms with Crippen LogP contribution in [-0.2, 0) is 13.5 Å². The molecule has 1 amide bonds. The lowest BCUT2D eigenvalue weighted by molar-refractivity contribution is 0.0934. The largest absolute Gasteiger partial charge is 0.349 e. The predicted molar refractivity (Wildman–Crippen MR) is 95.0 cm³/mol. The van der Waals surface area contributed by atoms with E-state index in [2.05, 4.69) is 41.4 Å². The van der Waals surface area contributed by atoms with Gasteiger partial charge in [-0.05, 0) is 37.7 Å². The van der Waals surface area contributed by atoms with Crippen LogP contribution in [0.15, 0.2) is 36.5 Å². The van der Waals surface area contributed by atoms with Crippen molar-refractivity contribution in [2.75, 3.05) is 20.6 Å². The van der Waals surface area contributed by atoms with Gasteiger partial charge in [0.25, 0.3) is 5.91 Å². The van der Waals surface area contributed by atoms with Crippen molar-refractivity contribution in [3.8, 4) is 0 Å². The third-order valence-corrected chi connectivity index (χ3v) is 4.26. The van der Waals surface area contributed by atoms with E-state index in [0.29, 0.717) is 17.3 Å². The van der Waals surface area contributed by atoms with Crippen molar-refractivity contribution in [1.29, 1.82) is 0 Å². The summed E-state index contributed by atoms with van der Waals surface area (Å²) in [6, 6.07) is 10.4. The van der Waals surface area contributed by atoms with E-state index in [1.54, 1.807) is 16.8 Å². The Bertz CT molecular complexity index is 661. The van der Waals surface area contributed by atoms with E-state index in [4.69, 9.17) is 11.6 Å². The number of aryl methyl sites for hydroxylation is 2. The molecule has 0 fully saturated rings. The fourth-order valence-electron chi connectivity index (χ4n) is 2.60. The van der Waals surface area contributed by atoms with Crippen LogP contribution in [0.2, 0.25) is 5.02 Å². The molecule has 0 unspecified atom stereocenters. The summed E-state index contributed by atoms with van der Waals surface area (Å²) in [5.74, 6) is -0.114. The van der Waals surface area contributed by atoms with Crippen LogP contribution in [0.4, 0.5) is 0 Å². The second-order valence-corrected chi connectivity index (χ2v) is 6.38. The van der Waals surface area contributed by atoms with Crippen LogP contribution in [0.3, 0.4) is 0 Å². The van der Waals surface area contributed by atoms with Gasteiger partial charge < -0.3 is 14.8 Å². The number of amides is 1. The molecule has 4 nitrogen and oxygen atoms in total. The zero-order valence-electron chi connectivity index (χ0n) is 14.1. The van der Waals surface area contributed by atoms with Crippen molar-refractivity contribution in [3.05, 3.63) is 58.4 Å². The van der Waals surface area contributed by atoms with Gasteiger partial charge in [-0.15, -0.1) is 0 Å².